The molecule has 11 heteroatoms. The minimum Gasteiger partial charge on any atom is -0.444 e. The topological polar surface area (TPSA) is 138 Å². The summed E-state index contributed by atoms with van der Waals surface area (Å²) in [7, 11) is 0. The zero-order valence-corrected chi connectivity index (χ0v) is 23.3. The van der Waals surface area contributed by atoms with Gasteiger partial charge in [-0.25, -0.2) is 14.4 Å². The first-order valence-electron chi connectivity index (χ1n) is 12.1. The lowest BCUT2D eigenvalue weighted by Crippen LogP contribution is -2.41. The average molecular weight is 533 g/mol. The van der Waals surface area contributed by atoms with E-state index in [9.17, 15) is 24.0 Å². The van der Waals surface area contributed by atoms with Crippen LogP contribution in [-0.4, -0.2) is 77.9 Å². The number of Topliss-reactive ketones (excluding diaryl/α,β-unsaturated/α-hetero) is 2. The third-order valence-electron chi connectivity index (χ3n) is 4.08. The van der Waals surface area contributed by atoms with E-state index in [1.54, 1.807) is 46.4 Å². The van der Waals surface area contributed by atoms with Gasteiger partial charge in [-0.05, 0) is 62.3 Å². The first kappa shape index (κ1) is 36.5. The van der Waals surface area contributed by atoms with Gasteiger partial charge in [-0.15, -0.1) is 0 Å². The van der Waals surface area contributed by atoms with E-state index in [4.69, 9.17) is 14.2 Å². The maximum absolute atomic E-state index is 11.5. The van der Waals surface area contributed by atoms with E-state index in [-0.39, 0.29) is 19.3 Å². The molecule has 37 heavy (non-hydrogen) atoms. The number of ketones is 2. The normalized spacial score (nSPS) is 16.0. The zero-order valence-electron chi connectivity index (χ0n) is 23.3. The molecule has 2 aliphatic rings. The molecule has 0 unspecified atom stereocenters. The van der Waals surface area contributed by atoms with Gasteiger partial charge in [0.15, 0.2) is 0 Å². The van der Waals surface area contributed by atoms with Crippen LogP contribution in [0.25, 0.3) is 0 Å². The maximum atomic E-state index is 11.5. The van der Waals surface area contributed by atoms with Gasteiger partial charge in [-0.3, -0.25) is 9.59 Å². The predicted molar refractivity (Wildman–Crippen MR) is 139 cm³/mol. The van der Waals surface area contributed by atoms with Crippen LogP contribution in [0.3, 0.4) is 0 Å². The summed E-state index contributed by atoms with van der Waals surface area (Å²) in [5.74, 6) is 0.628. The highest BCUT2D eigenvalue weighted by Crippen LogP contribution is 2.13. The fourth-order valence-corrected chi connectivity index (χ4v) is 2.58. The second-order valence-electron chi connectivity index (χ2n) is 11.3. The summed E-state index contributed by atoms with van der Waals surface area (Å²) in [5, 5.41) is 3.09. The number of rotatable bonds is 0. The highest BCUT2D eigenvalue weighted by atomic mass is 16.8. The highest BCUT2D eigenvalue weighted by Gasteiger charge is 2.26. The SMILES string of the molecule is C.CC(C)(C)OC(=O)N1CCC(=O)CC1.CC(C)(C)OC(=O)OC(=O)OC(C)(C)C.O=C1CCNCC1. The molecule has 216 valence electrons. The summed E-state index contributed by atoms with van der Waals surface area (Å²) in [6.45, 7) is 18.3. The lowest BCUT2D eigenvalue weighted by Gasteiger charge is -2.29. The van der Waals surface area contributed by atoms with E-state index < -0.39 is 29.1 Å². The Kier molecular flexibility index (Phi) is 16.0. The number of hydrogen-bond acceptors (Lipinski definition) is 10. The number of carbonyl (C=O) groups excluding carboxylic acids is 5. The van der Waals surface area contributed by atoms with Crippen LogP contribution in [-0.2, 0) is 28.5 Å². The average Bonchev–Trinajstić information content (AvgIpc) is 2.65. The van der Waals surface area contributed by atoms with Crippen LogP contribution in [0.1, 0.15) is 95.4 Å². The summed E-state index contributed by atoms with van der Waals surface area (Å²) in [4.78, 5) is 56.5. The molecule has 0 atom stereocenters. The van der Waals surface area contributed by atoms with Crippen LogP contribution in [0.15, 0.2) is 0 Å². The van der Waals surface area contributed by atoms with Gasteiger partial charge in [0.25, 0.3) is 0 Å². The smallest absolute Gasteiger partial charge is 0.444 e. The first-order valence-corrected chi connectivity index (χ1v) is 12.1. The van der Waals surface area contributed by atoms with Gasteiger partial charge < -0.3 is 29.2 Å². The zero-order chi connectivity index (χ0) is 28.2. The Balaban J connectivity index is 0. The molecular weight excluding hydrogens is 484 g/mol. The van der Waals surface area contributed by atoms with E-state index >= 15 is 0 Å². The predicted octanol–water partition coefficient (Wildman–Crippen LogP) is 5.03. The molecule has 0 aromatic carbocycles. The molecule has 0 saturated carbocycles. The molecule has 2 fully saturated rings. The van der Waals surface area contributed by atoms with Crippen molar-refractivity contribution in [3.8, 4) is 0 Å². The Labute approximate surface area is 221 Å². The van der Waals surface area contributed by atoms with Crippen molar-refractivity contribution >= 4 is 30.0 Å². The Morgan fingerprint density at radius 3 is 1.30 bits per heavy atom. The number of ether oxygens (including phenoxy) is 4. The van der Waals surface area contributed by atoms with Crippen molar-refractivity contribution in [1.29, 1.82) is 0 Å². The summed E-state index contributed by atoms with van der Waals surface area (Å²) >= 11 is 0. The van der Waals surface area contributed by atoms with Gasteiger partial charge >= 0.3 is 18.4 Å². The fraction of sp³-hybridized carbons (Fsp3) is 0.808. The lowest BCUT2D eigenvalue weighted by molar-refractivity contribution is -0.121. The van der Waals surface area contributed by atoms with E-state index in [1.807, 2.05) is 20.8 Å². The monoisotopic (exact) mass is 532 g/mol. The first-order chi connectivity index (χ1) is 16.3. The second-order valence-corrected chi connectivity index (χ2v) is 11.3. The quantitative estimate of drug-likeness (QED) is 0.257. The van der Waals surface area contributed by atoms with Crippen molar-refractivity contribution in [1.82, 2.24) is 10.2 Å². The van der Waals surface area contributed by atoms with Crippen molar-refractivity contribution in [2.75, 3.05) is 26.2 Å². The molecule has 0 radical (unpaired) electrons. The lowest BCUT2D eigenvalue weighted by atomic mass is 10.1. The summed E-state index contributed by atoms with van der Waals surface area (Å²) in [5.41, 5.74) is -1.85. The van der Waals surface area contributed by atoms with Gasteiger partial charge in [0.05, 0.1) is 0 Å². The Morgan fingerprint density at radius 1 is 0.649 bits per heavy atom. The van der Waals surface area contributed by atoms with Crippen LogP contribution < -0.4 is 5.32 Å². The van der Waals surface area contributed by atoms with Crippen LogP contribution in [0, 0.1) is 0 Å². The maximum Gasteiger partial charge on any atom is 0.519 e. The minimum absolute atomic E-state index is 0. The van der Waals surface area contributed by atoms with Crippen molar-refractivity contribution < 1.29 is 42.9 Å². The molecule has 11 nitrogen and oxygen atoms in total. The van der Waals surface area contributed by atoms with Gasteiger partial charge in [0.1, 0.15) is 28.4 Å². The molecule has 2 heterocycles. The standard InChI is InChI=1S/C10H17NO3.C10H18O5.C5H9NO.CH4/c1-10(2,3)14-9(13)11-6-4-8(12)5-7-11;1-9(2,3)14-7(11)13-8(12)15-10(4,5)6;7-5-1-3-6-4-2-5;/h4-7H2,1-3H3;1-6H3;6H,1-4H2;1H4. The third-order valence-corrected chi connectivity index (χ3v) is 4.08. The fourth-order valence-electron chi connectivity index (χ4n) is 2.58. The Hall–Kier alpha value is -2.69. The largest absolute Gasteiger partial charge is 0.519 e. The molecule has 2 saturated heterocycles. The molecule has 1 amide bonds. The van der Waals surface area contributed by atoms with Gasteiger partial charge in [-0.2, -0.15) is 0 Å². The number of amides is 1. The highest BCUT2D eigenvalue weighted by molar-refractivity contribution is 5.81. The molecule has 0 aromatic heterocycles. The molecule has 2 aliphatic heterocycles. The van der Waals surface area contributed by atoms with E-state index in [2.05, 4.69) is 10.1 Å². The number of nitrogens with zero attached hydrogens (tertiary/aromatic N) is 1. The Bertz CT molecular complexity index is 715. The van der Waals surface area contributed by atoms with Crippen molar-refractivity contribution in [3.05, 3.63) is 0 Å². The molecular formula is C26H48N2O9. The van der Waals surface area contributed by atoms with Gasteiger partial charge in [-0.1, -0.05) is 7.43 Å². The molecule has 2 rings (SSSR count). The number of likely N-dealkylation sites (tertiary alicyclic amines) is 1. The third kappa shape index (κ3) is 22.2. The van der Waals surface area contributed by atoms with Crippen LogP contribution in [0.2, 0.25) is 0 Å². The number of piperidine rings is 2. The number of hydrogen-bond donors (Lipinski definition) is 1. The summed E-state index contributed by atoms with van der Waals surface area (Å²) in [6, 6.07) is 0. The molecule has 1 N–H and O–H groups in total. The second kappa shape index (κ2) is 16.2. The minimum atomic E-state index is -1.06. The number of nitrogens with one attached hydrogen (secondary N) is 1. The van der Waals surface area contributed by atoms with E-state index in [0.29, 0.717) is 31.7 Å². The summed E-state index contributed by atoms with van der Waals surface area (Å²) in [6.07, 6.45) is -0.0446. The van der Waals surface area contributed by atoms with Gasteiger partial charge in [0.2, 0.25) is 0 Å². The summed E-state index contributed by atoms with van der Waals surface area (Å²) < 4.78 is 19.0. The van der Waals surface area contributed by atoms with Crippen LogP contribution in [0.4, 0.5) is 14.4 Å². The number of carbonyl (C=O) groups is 5. The molecule has 0 bridgehead atoms. The molecule has 0 spiro atoms. The van der Waals surface area contributed by atoms with Gasteiger partial charge in [0, 0.05) is 51.9 Å². The molecule has 0 aliphatic carbocycles. The van der Waals surface area contributed by atoms with E-state index in [0.717, 1.165) is 25.9 Å². The van der Waals surface area contributed by atoms with E-state index in [1.165, 1.54) is 0 Å². The van der Waals surface area contributed by atoms with Crippen LogP contribution in [0.5, 0.6) is 0 Å². The van der Waals surface area contributed by atoms with Crippen molar-refractivity contribution in [3.63, 3.8) is 0 Å². The van der Waals surface area contributed by atoms with Crippen molar-refractivity contribution in [2.45, 2.75) is 112 Å². The van der Waals surface area contributed by atoms with Crippen LogP contribution >= 0.6 is 0 Å². The van der Waals surface area contributed by atoms with Crippen molar-refractivity contribution in [2.24, 2.45) is 0 Å². The Morgan fingerprint density at radius 2 is 1.00 bits per heavy atom. The molecule has 0 aromatic rings.